The van der Waals surface area contributed by atoms with Crippen molar-refractivity contribution in [3.8, 4) is 0 Å². The predicted octanol–water partition coefficient (Wildman–Crippen LogP) is 2.63. The number of nitrogens with one attached hydrogen (secondary N) is 2. The van der Waals surface area contributed by atoms with E-state index in [0.29, 0.717) is 77.8 Å². The zero-order valence-electron chi connectivity index (χ0n) is 38.0. The van der Waals surface area contributed by atoms with Gasteiger partial charge in [0.05, 0.1) is 75.0 Å². The van der Waals surface area contributed by atoms with E-state index in [1.807, 2.05) is 13.8 Å². The van der Waals surface area contributed by atoms with Crippen molar-refractivity contribution in [2.24, 2.45) is 0 Å². The van der Waals surface area contributed by atoms with Crippen LogP contribution in [0.15, 0.2) is 0 Å². The number of aliphatic hydroxyl groups excluding tert-OH is 6. The molecule has 10 atom stereocenters. The number of rotatable bonds is 36. The van der Waals surface area contributed by atoms with Gasteiger partial charge in [-0.1, -0.05) is 53.4 Å². The van der Waals surface area contributed by atoms with Crippen molar-refractivity contribution in [3.63, 3.8) is 0 Å². The fourth-order valence-electron chi connectivity index (χ4n) is 8.25. The molecule has 3 saturated heterocycles. The second kappa shape index (κ2) is 29.8. The van der Waals surface area contributed by atoms with Gasteiger partial charge in [0.25, 0.3) is 0 Å². The van der Waals surface area contributed by atoms with Crippen molar-refractivity contribution in [2.45, 2.75) is 191 Å². The van der Waals surface area contributed by atoms with Crippen LogP contribution in [0.3, 0.4) is 0 Å². The number of ether oxygens (including phenoxy) is 4. The van der Waals surface area contributed by atoms with Crippen LogP contribution in [0.1, 0.15) is 130 Å². The lowest BCUT2D eigenvalue weighted by Crippen LogP contribution is -2.50. The molecule has 6 amide bonds. The van der Waals surface area contributed by atoms with E-state index < -0.39 is 79.1 Å². The average Bonchev–Trinajstić information content (AvgIpc) is 3.81. The molecule has 19 heteroatoms. The predicted molar refractivity (Wildman–Crippen MR) is 231 cm³/mol. The summed E-state index contributed by atoms with van der Waals surface area (Å²) in [5, 5.41) is 69.0. The summed E-state index contributed by atoms with van der Waals surface area (Å²) in [6.07, 6.45) is 5.26. The van der Waals surface area contributed by atoms with Crippen molar-refractivity contribution < 1.29 is 64.0 Å². The summed E-state index contributed by atoms with van der Waals surface area (Å²) in [6.45, 7) is 8.64. The first-order valence-electron chi connectivity index (χ1n) is 23.5. The molecule has 10 unspecified atom stereocenters. The summed E-state index contributed by atoms with van der Waals surface area (Å²) in [5.41, 5.74) is 0. The van der Waals surface area contributed by atoms with Crippen LogP contribution >= 0.6 is 0 Å². The number of nitrogens with zero attached hydrogens (tertiary/aromatic N) is 4. The minimum atomic E-state index is -1.74. The molecule has 0 radical (unpaired) electrons. The highest BCUT2D eigenvalue weighted by molar-refractivity contribution is 5.82. The summed E-state index contributed by atoms with van der Waals surface area (Å²) in [4.78, 5) is 46.5. The minimum absolute atomic E-state index is 0.180. The maximum atomic E-state index is 14.2. The van der Waals surface area contributed by atoms with Gasteiger partial charge < -0.3 is 70.0 Å². The first kappa shape index (κ1) is 53.7. The van der Waals surface area contributed by atoms with Crippen LogP contribution in [-0.4, -0.2) is 196 Å². The van der Waals surface area contributed by atoms with Crippen molar-refractivity contribution >= 4 is 18.1 Å². The molecule has 8 N–H and O–H groups in total. The van der Waals surface area contributed by atoms with Crippen molar-refractivity contribution in [1.82, 2.24) is 30.2 Å². The molecule has 3 aliphatic rings. The zero-order chi connectivity index (χ0) is 45.4. The lowest BCUT2D eigenvalue weighted by Gasteiger charge is -2.33. The van der Waals surface area contributed by atoms with E-state index in [9.17, 15) is 45.0 Å². The van der Waals surface area contributed by atoms with Crippen LogP contribution in [0.4, 0.5) is 14.4 Å². The lowest BCUT2D eigenvalue weighted by atomic mass is 9.96. The number of aliphatic hydroxyl groups is 6. The maximum absolute atomic E-state index is 14.2. The topological polar surface area (TPSA) is 247 Å². The summed E-state index contributed by atoms with van der Waals surface area (Å²) < 4.78 is 23.6. The van der Waals surface area contributed by atoms with Crippen molar-refractivity contribution in [1.29, 1.82) is 0 Å². The van der Waals surface area contributed by atoms with Crippen LogP contribution in [0, 0.1) is 0 Å². The number of hydrogen-bond donors (Lipinski definition) is 8. The van der Waals surface area contributed by atoms with Gasteiger partial charge in [0.2, 0.25) is 0 Å². The van der Waals surface area contributed by atoms with Gasteiger partial charge in [-0.2, -0.15) is 0 Å². The molecule has 0 spiro atoms. The Kier molecular flexibility index (Phi) is 25.8. The van der Waals surface area contributed by atoms with Crippen LogP contribution in [-0.2, 0) is 18.9 Å². The number of urea groups is 3. The second-order valence-corrected chi connectivity index (χ2v) is 16.9. The van der Waals surface area contributed by atoms with E-state index in [1.54, 1.807) is 0 Å². The van der Waals surface area contributed by atoms with Crippen molar-refractivity contribution in [2.75, 3.05) is 66.2 Å². The van der Waals surface area contributed by atoms with E-state index in [2.05, 4.69) is 24.5 Å². The molecule has 0 aromatic carbocycles. The third-order valence-electron chi connectivity index (χ3n) is 12.3. The third-order valence-corrected chi connectivity index (χ3v) is 12.3. The van der Waals surface area contributed by atoms with Crippen LogP contribution in [0.25, 0.3) is 0 Å². The molecular weight excluding hydrogens is 809 g/mol. The van der Waals surface area contributed by atoms with Crippen LogP contribution in [0.5, 0.6) is 0 Å². The second-order valence-electron chi connectivity index (χ2n) is 16.9. The normalized spacial score (nSPS) is 24.9. The standard InChI is InChI=1S/C43H82N6O13/c1-5-9-21-59-31(25-50)13-17-35-37(19-15-33(27-52)61-23-11-7-3)46(41(56)44-35)29-48-39(54)40(55)49(43(48)58)30-47-38(20-16-34(28-53)62-24-12-8-4)36(45-42(47)57)18-14-32(26-51)60-22-10-6-2/h31-40,50-55H,5-30H2,1-4H3,(H,44,56)(H,45,57). The molecule has 362 valence electrons. The van der Waals surface area contributed by atoms with Gasteiger partial charge in [0.1, 0.15) is 13.3 Å². The quantitative estimate of drug-likeness (QED) is 0.0423. The van der Waals surface area contributed by atoms with E-state index in [0.717, 1.165) is 61.2 Å². The van der Waals surface area contributed by atoms with Gasteiger partial charge in [0, 0.05) is 26.4 Å². The molecule has 3 aliphatic heterocycles. The summed E-state index contributed by atoms with van der Waals surface area (Å²) in [7, 11) is 0. The molecule has 3 fully saturated rings. The number of carbonyl (C=O) groups is 3. The molecule has 62 heavy (non-hydrogen) atoms. The molecular formula is C43H82N6O13. The Hall–Kier alpha value is -2.59. The summed E-state index contributed by atoms with van der Waals surface area (Å²) >= 11 is 0. The number of unbranched alkanes of at least 4 members (excludes halogenated alkanes) is 4. The maximum Gasteiger partial charge on any atom is 0.327 e. The Bertz CT molecular complexity index is 1170. The molecule has 19 nitrogen and oxygen atoms in total. The largest absolute Gasteiger partial charge is 0.394 e. The Morgan fingerprint density at radius 1 is 0.484 bits per heavy atom. The van der Waals surface area contributed by atoms with Crippen molar-refractivity contribution in [3.05, 3.63) is 0 Å². The molecule has 3 heterocycles. The van der Waals surface area contributed by atoms with Crippen LogP contribution < -0.4 is 10.6 Å². The van der Waals surface area contributed by atoms with Crippen LogP contribution in [0.2, 0.25) is 0 Å². The third kappa shape index (κ3) is 16.4. The molecule has 0 aliphatic carbocycles. The van der Waals surface area contributed by atoms with E-state index >= 15 is 0 Å². The van der Waals surface area contributed by atoms with E-state index in [1.165, 1.54) is 9.80 Å². The first-order chi connectivity index (χ1) is 30.0. The smallest absolute Gasteiger partial charge is 0.327 e. The van der Waals surface area contributed by atoms with Gasteiger partial charge >= 0.3 is 18.1 Å². The molecule has 0 saturated carbocycles. The van der Waals surface area contributed by atoms with E-state index in [-0.39, 0.29) is 39.8 Å². The fourth-order valence-corrected chi connectivity index (χ4v) is 8.25. The summed E-state index contributed by atoms with van der Waals surface area (Å²) in [6, 6.07) is -3.58. The first-order valence-corrected chi connectivity index (χ1v) is 23.5. The molecule has 3 rings (SSSR count). The SMILES string of the molecule is CCCCOC(CO)CCC1NC(=O)N(CN2C(=O)N(CN3C(=O)NC(CCC(CO)OCCCC)C3CCC(CO)OCCCC)C(O)C2O)C1CCC(CO)OCCCC. The van der Waals surface area contributed by atoms with Gasteiger partial charge in [-0.05, 0) is 77.0 Å². The van der Waals surface area contributed by atoms with Gasteiger partial charge in [-0.25, -0.2) is 14.4 Å². The Labute approximate surface area is 369 Å². The Morgan fingerprint density at radius 2 is 0.774 bits per heavy atom. The Balaban J connectivity index is 1.81. The average molecular weight is 891 g/mol. The molecule has 0 bridgehead atoms. The Morgan fingerprint density at radius 3 is 1.05 bits per heavy atom. The number of carbonyl (C=O) groups excluding carboxylic acids is 3. The molecule has 0 aromatic heterocycles. The number of hydrogen-bond acceptors (Lipinski definition) is 13. The highest BCUT2D eigenvalue weighted by Crippen LogP contribution is 2.30. The van der Waals surface area contributed by atoms with E-state index in [4.69, 9.17) is 18.9 Å². The van der Waals surface area contributed by atoms with Gasteiger partial charge in [-0.3, -0.25) is 9.80 Å². The highest BCUT2D eigenvalue weighted by Gasteiger charge is 2.50. The molecule has 0 aromatic rings. The zero-order valence-corrected chi connectivity index (χ0v) is 38.0. The number of amides is 6. The van der Waals surface area contributed by atoms with Gasteiger partial charge in [-0.15, -0.1) is 0 Å². The fraction of sp³-hybridized carbons (Fsp3) is 0.930. The lowest BCUT2D eigenvalue weighted by molar-refractivity contribution is -0.0814. The highest BCUT2D eigenvalue weighted by atomic mass is 16.5. The minimum Gasteiger partial charge on any atom is -0.394 e. The monoisotopic (exact) mass is 891 g/mol. The summed E-state index contributed by atoms with van der Waals surface area (Å²) in [5.74, 6) is 0. The van der Waals surface area contributed by atoms with Gasteiger partial charge in [0.15, 0.2) is 12.5 Å².